The molecule has 0 saturated heterocycles. The zero-order chi connectivity index (χ0) is 20.5. The summed E-state index contributed by atoms with van der Waals surface area (Å²) < 4.78 is 0. The molecule has 1 unspecified atom stereocenters. The number of benzene rings is 1. The predicted octanol–water partition coefficient (Wildman–Crippen LogP) is 3.33. The summed E-state index contributed by atoms with van der Waals surface area (Å²) in [6, 6.07) is 13.8. The van der Waals surface area contributed by atoms with E-state index < -0.39 is 0 Å². The average Bonchev–Trinajstić information content (AvgIpc) is 2.72. The van der Waals surface area contributed by atoms with Crippen molar-refractivity contribution in [3.8, 4) is 0 Å². The van der Waals surface area contributed by atoms with Crippen molar-refractivity contribution in [3.63, 3.8) is 0 Å². The van der Waals surface area contributed by atoms with Crippen LogP contribution in [0.1, 0.15) is 33.9 Å². The lowest BCUT2D eigenvalue weighted by atomic mass is 10.00. The summed E-state index contributed by atoms with van der Waals surface area (Å²) in [5.74, 6) is -0.00591. The lowest BCUT2D eigenvalue weighted by Gasteiger charge is -2.20. The largest absolute Gasteiger partial charge is 0.354 e. The van der Waals surface area contributed by atoms with Crippen molar-refractivity contribution in [2.45, 2.75) is 32.7 Å². The first-order valence-corrected chi connectivity index (χ1v) is 9.99. The second-order valence-corrected chi connectivity index (χ2v) is 7.32. The molecular formula is C24H28N4O. The van der Waals surface area contributed by atoms with Gasteiger partial charge >= 0.3 is 0 Å². The maximum atomic E-state index is 13.0. The van der Waals surface area contributed by atoms with Gasteiger partial charge in [-0.1, -0.05) is 35.4 Å². The summed E-state index contributed by atoms with van der Waals surface area (Å²) in [5.41, 5.74) is 5.62. The lowest BCUT2D eigenvalue weighted by Crippen LogP contribution is -2.39. The van der Waals surface area contributed by atoms with Gasteiger partial charge in [-0.05, 0) is 61.6 Å². The highest BCUT2D eigenvalue weighted by molar-refractivity contribution is 5.83. The molecule has 3 aromatic rings. The molecule has 5 heteroatoms. The zero-order valence-electron chi connectivity index (χ0n) is 17.1. The van der Waals surface area contributed by atoms with Crippen LogP contribution in [0.2, 0.25) is 0 Å². The summed E-state index contributed by atoms with van der Waals surface area (Å²) in [6.45, 7) is 5.41. The van der Waals surface area contributed by atoms with E-state index in [0.29, 0.717) is 13.1 Å². The van der Waals surface area contributed by atoms with Gasteiger partial charge in [0.25, 0.3) is 0 Å². The zero-order valence-corrected chi connectivity index (χ0v) is 17.1. The minimum absolute atomic E-state index is 0.00591. The summed E-state index contributed by atoms with van der Waals surface area (Å²) in [4.78, 5) is 21.2. The van der Waals surface area contributed by atoms with Gasteiger partial charge < -0.3 is 10.6 Å². The van der Waals surface area contributed by atoms with Crippen molar-refractivity contribution in [2.24, 2.45) is 0 Å². The number of rotatable bonds is 9. The van der Waals surface area contributed by atoms with Gasteiger partial charge in [-0.2, -0.15) is 0 Å². The summed E-state index contributed by atoms with van der Waals surface area (Å²) in [7, 11) is 0. The predicted molar refractivity (Wildman–Crippen MR) is 116 cm³/mol. The van der Waals surface area contributed by atoms with E-state index in [4.69, 9.17) is 0 Å². The summed E-state index contributed by atoms with van der Waals surface area (Å²) >= 11 is 0. The average molecular weight is 389 g/mol. The molecule has 0 aliphatic heterocycles. The Morgan fingerprint density at radius 3 is 2.31 bits per heavy atom. The molecule has 1 amide bonds. The monoisotopic (exact) mass is 388 g/mol. The van der Waals surface area contributed by atoms with Gasteiger partial charge in [-0.15, -0.1) is 0 Å². The molecule has 0 saturated carbocycles. The van der Waals surface area contributed by atoms with Crippen molar-refractivity contribution >= 4 is 5.91 Å². The van der Waals surface area contributed by atoms with Crippen molar-refractivity contribution in [1.82, 2.24) is 20.6 Å². The van der Waals surface area contributed by atoms with Crippen molar-refractivity contribution < 1.29 is 4.79 Å². The summed E-state index contributed by atoms with van der Waals surface area (Å²) in [6.07, 6.45) is 8.78. The topological polar surface area (TPSA) is 66.9 Å². The maximum absolute atomic E-state index is 13.0. The molecule has 5 nitrogen and oxygen atoms in total. The number of pyridine rings is 2. The van der Waals surface area contributed by atoms with E-state index in [1.54, 1.807) is 18.6 Å². The van der Waals surface area contributed by atoms with Gasteiger partial charge in [0, 0.05) is 37.9 Å². The maximum Gasteiger partial charge on any atom is 0.241 e. The quantitative estimate of drug-likeness (QED) is 0.590. The van der Waals surface area contributed by atoms with Crippen LogP contribution in [0.5, 0.6) is 0 Å². The molecule has 0 aliphatic carbocycles. The first-order valence-electron chi connectivity index (χ1n) is 9.99. The first kappa shape index (κ1) is 20.7. The minimum atomic E-state index is -0.385. The number of nitrogens with one attached hydrogen (secondary N) is 2. The number of carbonyl (C=O) groups excluding carboxylic acids is 1. The third-order valence-electron chi connectivity index (χ3n) is 4.79. The van der Waals surface area contributed by atoms with Crippen LogP contribution < -0.4 is 10.6 Å². The molecule has 0 aliphatic rings. The van der Waals surface area contributed by atoms with Gasteiger partial charge in [-0.3, -0.25) is 14.8 Å². The minimum Gasteiger partial charge on any atom is -0.354 e. The highest BCUT2D eigenvalue weighted by Crippen LogP contribution is 2.18. The Bertz CT molecular complexity index is 892. The molecule has 29 heavy (non-hydrogen) atoms. The van der Waals surface area contributed by atoms with E-state index in [0.717, 1.165) is 35.1 Å². The Balaban J connectivity index is 1.64. The van der Waals surface area contributed by atoms with E-state index in [1.807, 2.05) is 30.5 Å². The lowest BCUT2D eigenvalue weighted by molar-refractivity contribution is -0.123. The molecule has 0 radical (unpaired) electrons. The number of carbonyl (C=O) groups is 1. The van der Waals surface area contributed by atoms with Crippen LogP contribution in [0.3, 0.4) is 0 Å². The first-order chi connectivity index (χ1) is 14.1. The van der Waals surface area contributed by atoms with E-state index >= 15 is 0 Å². The fourth-order valence-electron chi connectivity index (χ4n) is 3.43. The fraction of sp³-hybridized carbons (Fsp3) is 0.292. The second-order valence-electron chi connectivity index (χ2n) is 7.32. The molecule has 3 rings (SSSR count). The fourth-order valence-corrected chi connectivity index (χ4v) is 3.43. The smallest absolute Gasteiger partial charge is 0.241 e. The van der Waals surface area contributed by atoms with Crippen LogP contribution in [-0.2, 0) is 17.6 Å². The third-order valence-corrected chi connectivity index (χ3v) is 4.79. The number of aryl methyl sites for hydroxylation is 2. The highest BCUT2D eigenvalue weighted by Gasteiger charge is 2.20. The van der Waals surface area contributed by atoms with Gasteiger partial charge in [0.05, 0.1) is 0 Å². The molecule has 2 N–H and O–H groups in total. The van der Waals surface area contributed by atoms with E-state index in [1.165, 1.54) is 5.56 Å². The number of hydrogen-bond donors (Lipinski definition) is 2. The van der Waals surface area contributed by atoms with E-state index in [2.05, 4.69) is 52.6 Å². The molecule has 2 heterocycles. The number of hydrogen-bond acceptors (Lipinski definition) is 4. The van der Waals surface area contributed by atoms with E-state index in [-0.39, 0.29) is 11.9 Å². The molecule has 0 fully saturated rings. The van der Waals surface area contributed by atoms with Crippen LogP contribution in [0.25, 0.3) is 0 Å². The molecule has 2 aromatic heterocycles. The van der Waals surface area contributed by atoms with Crippen LogP contribution in [0.15, 0.2) is 67.3 Å². The summed E-state index contributed by atoms with van der Waals surface area (Å²) in [5, 5.41) is 6.52. The Labute approximate surface area is 172 Å². The van der Waals surface area contributed by atoms with Crippen molar-refractivity contribution in [2.75, 3.05) is 13.1 Å². The Morgan fingerprint density at radius 2 is 1.62 bits per heavy atom. The van der Waals surface area contributed by atoms with Crippen molar-refractivity contribution in [1.29, 1.82) is 0 Å². The Hall–Kier alpha value is -3.05. The molecule has 1 atom stereocenters. The normalized spacial score (nSPS) is 11.8. The van der Waals surface area contributed by atoms with Gasteiger partial charge in [-0.25, -0.2) is 0 Å². The van der Waals surface area contributed by atoms with Crippen LogP contribution >= 0.6 is 0 Å². The molecular weight excluding hydrogens is 360 g/mol. The molecule has 1 aromatic carbocycles. The molecule has 0 spiro atoms. The standard InChI is InChI=1S/C24H28N4O/c1-18-14-19(2)16-22(15-18)23(27-12-7-20-5-10-25-11-6-20)24(29)28-13-8-21-4-3-9-26-17-21/h3-6,9-11,14-17,23,27H,7-8,12-13H2,1-2H3,(H,28,29). The number of amides is 1. The van der Waals surface area contributed by atoms with Crippen LogP contribution in [0.4, 0.5) is 0 Å². The third kappa shape index (κ3) is 6.50. The van der Waals surface area contributed by atoms with Crippen LogP contribution in [0, 0.1) is 13.8 Å². The highest BCUT2D eigenvalue weighted by atomic mass is 16.2. The molecule has 150 valence electrons. The van der Waals surface area contributed by atoms with Gasteiger partial charge in [0.15, 0.2) is 0 Å². The molecule has 0 bridgehead atoms. The second kappa shape index (κ2) is 10.5. The SMILES string of the molecule is Cc1cc(C)cc(C(NCCc2ccncc2)C(=O)NCCc2cccnc2)c1. The Morgan fingerprint density at radius 1 is 0.897 bits per heavy atom. The van der Waals surface area contributed by atoms with Crippen molar-refractivity contribution in [3.05, 3.63) is 95.1 Å². The van der Waals surface area contributed by atoms with Crippen LogP contribution in [-0.4, -0.2) is 29.0 Å². The Kier molecular flexibility index (Phi) is 7.47. The van der Waals surface area contributed by atoms with Gasteiger partial charge in [0.2, 0.25) is 5.91 Å². The number of nitrogens with zero attached hydrogens (tertiary/aromatic N) is 2. The number of aromatic nitrogens is 2. The van der Waals surface area contributed by atoms with E-state index in [9.17, 15) is 4.79 Å². The van der Waals surface area contributed by atoms with Gasteiger partial charge in [0.1, 0.15) is 6.04 Å².